The van der Waals surface area contributed by atoms with E-state index < -0.39 is 10.7 Å². The Kier molecular flexibility index (Phi) is 4.67. The first-order valence-corrected chi connectivity index (χ1v) is 6.43. The molecule has 0 unspecified atom stereocenters. The summed E-state index contributed by atoms with van der Waals surface area (Å²) in [7, 11) is 0. The first-order chi connectivity index (χ1) is 8.26. The van der Waals surface area contributed by atoms with Crippen molar-refractivity contribution >= 4 is 27.3 Å². The van der Waals surface area contributed by atoms with Crippen molar-refractivity contribution in [2.45, 2.75) is 27.2 Å². The predicted octanol–water partition coefficient (Wildman–Crippen LogP) is 4.34. The van der Waals surface area contributed by atoms with Crippen LogP contribution in [0.15, 0.2) is 16.6 Å². The van der Waals surface area contributed by atoms with Gasteiger partial charge in [-0.05, 0) is 27.8 Å². The van der Waals surface area contributed by atoms with Crippen LogP contribution < -0.4 is 5.32 Å². The fourth-order valence-electron chi connectivity index (χ4n) is 1.29. The van der Waals surface area contributed by atoms with Gasteiger partial charge < -0.3 is 5.32 Å². The van der Waals surface area contributed by atoms with Crippen molar-refractivity contribution in [2.24, 2.45) is 5.41 Å². The SMILES string of the molecule is CCC(C)(C)CNc1cc(F)c(Br)cc1[N+](=O)[O-]. The van der Waals surface area contributed by atoms with Gasteiger partial charge in [-0.15, -0.1) is 0 Å². The summed E-state index contributed by atoms with van der Waals surface area (Å²) in [5, 5.41) is 13.9. The minimum absolute atomic E-state index is 0.00256. The number of rotatable bonds is 5. The summed E-state index contributed by atoms with van der Waals surface area (Å²) in [5.74, 6) is -0.516. The smallest absolute Gasteiger partial charge is 0.293 e. The number of hydrogen-bond acceptors (Lipinski definition) is 3. The Hall–Kier alpha value is -1.17. The number of benzene rings is 1. The number of halogens is 2. The van der Waals surface area contributed by atoms with Crippen LogP contribution in [0.4, 0.5) is 15.8 Å². The molecule has 0 aliphatic rings. The van der Waals surface area contributed by atoms with Gasteiger partial charge in [0.15, 0.2) is 0 Å². The van der Waals surface area contributed by atoms with E-state index in [1.165, 1.54) is 6.07 Å². The Labute approximate surface area is 114 Å². The van der Waals surface area contributed by atoms with Crippen molar-refractivity contribution in [1.29, 1.82) is 0 Å². The number of nitro groups is 1. The number of nitro benzene ring substituents is 1. The van der Waals surface area contributed by atoms with E-state index in [1.54, 1.807) is 0 Å². The minimum atomic E-state index is -0.522. The third-order valence-corrected chi connectivity index (χ3v) is 3.56. The topological polar surface area (TPSA) is 55.2 Å². The lowest BCUT2D eigenvalue weighted by molar-refractivity contribution is -0.384. The summed E-state index contributed by atoms with van der Waals surface area (Å²) >= 11 is 2.95. The third kappa shape index (κ3) is 3.66. The quantitative estimate of drug-likeness (QED) is 0.648. The van der Waals surface area contributed by atoms with Crippen LogP contribution in [0.3, 0.4) is 0 Å². The van der Waals surface area contributed by atoms with Crippen molar-refractivity contribution in [3.05, 3.63) is 32.5 Å². The highest BCUT2D eigenvalue weighted by atomic mass is 79.9. The lowest BCUT2D eigenvalue weighted by atomic mass is 9.90. The molecule has 6 heteroatoms. The monoisotopic (exact) mass is 318 g/mol. The van der Waals surface area contributed by atoms with Gasteiger partial charge in [-0.25, -0.2) is 4.39 Å². The molecule has 0 aliphatic heterocycles. The molecule has 0 fully saturated rings. The summed E-state index contributed by atoms with van der Waals surface area (Å²) in [6, 6.07) is 2.32. The highest BCUT2D eigenvalue weighted by Crippen LogP contribution is 2.31. The fraction of sp³-hybridized carbons (Fsp3) is 0.500. The Balaban J connectivity index is 3.01. The van der Waals surface area contributed by atoms with Crippen LogP contribution >= 0.6 is 15.9 Å². The van der Waals surface area contributed by atoms with Gasteiger partial charge in [-0.3, -0.25) is 10.1 Å². The number of hydrogen-bond donors (Lipinski definition) is 1. The summed E-state index contributed by atoms with van der Waals surface area (Å²) in [6.07, 6.45) is 0.923. The van der Waals surface area contributed by atoms with Gasteiger partial charge in [0.25, 0.3) is 5.69 Å². The minimum Gasteiger partial charge on any atom is -0.379 e. The first kappa shape index (κ1) is 14.9. The van der Waals surface area contributed by atoms with E-state index in [4.69, 9.17) is 0 Å². The summed E-state index contributed by atoms with van der Waals surface area (Å²) < 4.78 is 13.5. The van der Waals surface area contributed by atoms with E-state index in [1.807, 2.05) is 20.8 Å². The van der Waals surface area contributed by atoms with Crippen molar-refractivity contribution in [3.8, 4) is 0 Å². The van der Waals surface area contributed by atoms with Gasteiger partial charge in [-0.2, -0.15) is 0 Å². The van der Waals surface area contributed by atoms with Crippen molar-refractivity contribution in [3.63, 3.8) is 0 Å². The molecule has 0 atom stereocenters. The maximum atomic E-state index is 13.4. The molecule has 100 valence electrons. The van der Waals surface area contributed by atoms with Crippen LogP contribution in [-0.2, 0) is 0 Å². The van der Waals surface area contributed by atoms with E-state index in [0.29, 0.717) is 6.54 Å². The molecule has 0 heterocycles. The Bertz CT molecular complexity index is 464. The zero-order valence-electron chi connectivity index (χ0n) is 10.6. The number of nitrogens with zero attached hydrogens (tertiary/aromatic N) is 1. The van der Waals surface area contributed by atoms with Gasteiger partial charge in [0.2, 0.25) is 0 Å². The Morgan fingerprint density at radius 3 is 2.61 bits per heavy atom. The maximum Gasteiger partial charge on any atom is 0.293 e. The van der Waals surface area contributed by atoms with Crippen molar-refractivity contribution in [1.82, 2.24) is 0 Å². The van der Waals surface area contributed by atoms with E-state index in [9.17, 15) is 14.5 Å². The molecule has 0 aromatic heterocycles. The second-order valence-corrected chi connectivity index (χ2v) is 5.77. The lowest BCUT2D eigenvalue weighted by Crippen LogP contribution is -2.22. The van der Waals surface area contributed by atoms with E-state index >= 15 is 0 Å². The zero-order valence-corrected chi connectivity index (χ0v) is 12.2. The van der Waals surface area contributed by atoms with Gasteiger partial charge in [0.05, 0.1) is 9.40 Å². The predicted molar refractivity (Wildman–Crippen MR) is 73.3 cm³/mol. The van der Waals surface area contributed by atoms with Crippen LogP contribution in [0.2, 0.25) is 0 Å². The molecule has 1 aromatic carbocycles. The van der Waals surface area contributed by atoms with Gasteiger partial charge >= 0.3 is 0 Å². The van der Waals surface area contributed by atoms with E-state index in [0.717, 1.165) is 12.5 Å². The molecule has 1 aromatic rings. The molecular formula is C12H16BrFN2O2. The average molecular weight is 319 g/mol. The highest BCUT2D eigenvalue weighted by Gasteiger charge is 2.20. The van der Waals surface area contributed by atoms with Crippen LogP contribution in [-0.4, -0.2) is 11.5 Å². The fourth-order valence-corrected chi connectivity index (χ4v) is 1.62. The molecule has 0 bridgehead atoms. The average Bonchev–Trinajstić information content (AvgIpc) is 2.30. The zero-order chi connectivity index (χ0) is 13.9. The molecule has 1 N–H and O–H groups in total. The summed E-state index contributed by atoms with van der Waals surface area (Å²) in [4.78, 5) is 10.4. The van der Waals surface area contributed by atoms with Crippen LogP contribution in [0.1, 0.15) is 27.2 Å². The number of anilines is 1. The summed E-state index contributed by atoms with van der Waals surface area (Å²) in [5.41, 5.74) is 0.0784. The van der Waals surface area contributed by atoms with Gasteiger partial charge in [0, 0.05) is 18.7 Å². The normalized spacial score (nSPS) is 11.4. The second-order valence-electron chi connectivity index (χ2n) is 4.91. The molecule has 0 spiro atoms. The molecule has 0 saturated carbocycles. The van der Waals surface area contributed by atoms with Crippen LogP contribution in [0.5, 0.6) is 0 Å². The molecule has 0 amide bonds. The van der Waals surface area contributed by atoms with E-state index in [2.05, 4.69) is 21.2 Å². The van der Waals surface area contributed by atoms with Crippen LogP contribution in [0, 0.1) is 21.3 Å². The first-order valence-electron chi connectivity index (χ1n) is 5.64. The third-order valence-electron chi connectivity index (χ3n) is 2.95. The molecule has 18 heavy (non-hydrogen) atoms. The van der Waals surface area contributed by atoms with Gasteiger partial charge in [-0.1, -0.05) is 20.8 Å². The molecule has 0 radical (unpaired) electrons. The molecular weight excluding hydrogens is 303 g/mol. The lowest BCUT2D eigenvalue weighted by Gasteiger charge is -2.23. The second kappa shape index (κ2) is 5.65. The summed E-state index contributed by atoms with van der Waals surface area (Å²) in [6.45, 7) is 6.67. The van der Waals surface area contributed by atoms with Crippen molar-refractivity contribution in [2.75, 3.05) is 11.9 Å². The molecule has 0 saturated heterocycles. The van der Waals surface area contributed by atoms with E-state index in [-0.39, 0.29) is 21.3 Å². The Morgan fingerprint density at radius 1 is 1.50 bits per heavy atom. The van der Waals surface area contributed by atoms with Gasteiger partial charge in [0.1, 0.15) is 11.5 Å². The number of nitrogens with one attached hydrogen (secondary N) is 1. The van der Waals surface area contributed by atoms with Crippen molar-refractivity contribution < 1.29 is 9.31 Å². The maximum absolute atomic E-state index is 13.4. The molecule has 1 rings (SSSR count). The molecule has 4 nitrogen and oxygen atoms in total. The molecule has 0 aliphatic carbocycles. The standard InChI is InChI=1S/C12H16BrFN2O2/c1-4-12(2,3)7-15-10-6-9(14)8(13)5-11(10)16(17)18/h5-6,15H,4,7H2,1-3H3. The van der Waals surface area contributed by atoms with Crippen LogP contribution in [0.25, 0.3) is 0 Å². The highest BCUT2D eigenvalue weighted by molar-refractivity contribution is 9.10. The largest absolute Gasteiger partial charge is 0.379 e. The Morgan fingerprint density at radius 2 is 2.11 bits per heavy atom.